The lowest BCUT2D eigenvalue weighted by Crippen LogP contribution is -2.35. The van der Waals surface area contributed by atoms with Gasteiger partial charge in [0.2, 0.25) is 0 Å². The number of halogens is 1. The number of hydrogen-bond acceptors (Lipinski definition) is 0. The summed E-state index contributed by atoms with van der Waals surface area (Å²) in [5.41, 5.74) is 1.11. The van der Waals surface area contributed by atoms with Crippen molar-refractivity contribution in [3.05, 3.63) is 0 Å². The van der Waals surface area contributed by atoms with E-state index in [1.807, 2.05) is 0 Å². The fourth-order valence-electron chi connectivity index (χ4n) is 3.74. The molecule has 1 aliphatic rings. The van der Waals surface area contributed by atoms with Crippen LogP contribution in [0.1, 0.15) is 102 Å². The highest BCUT2D eigenvalue weighted by molar-refractivity contribution is 4.86. The average Bonchev–Trinajstić information content (AvgIpc) is 2.57. The van der Waals surface area contributed by atoms with Crippen LogP contribution in [-0.2, 0) is 0 Å². The van der Waals surface area contributed by atoms with Gasteiger partial charge in [0.15, 0.2) is 0 Å². The lowest BCUT2D eigenvalue weighted by molar-refractivity contribution is 0.0586. The maximum absolute atomic E-state index is 9.50. The zero-order valence-electron chi connectivity index (χ0n) is 19.1. The van der Waals surface area contributed by atoms with Crippen LogP contribution in [0, 0.1) is 40.4 Å². The van der Waals surface area contributed by atoms with E-state index in [0.717, 1.165) is 29.6 Å². The monoisotopic (exact) mass is 344 g/mol. The lowest BCUT2D eigenvalue weighted by Gasteiger charge is -2.44. The maximum atomic E-state index is 9.50. The van der Waals surface area contributed by atoms with Gasteiger partial charge in [-0.3, -0.25) is 4.39 Å². The van der Waals surface area contributed by atoms with Gasteiger partial charge in [-0.25, -0.2) is 0 Å². The van der Waals surface area contributed by atoms with Crippen LogP contribution < -0.4 is 0 Å². The van der Waals surface area contributed by atoms with Gasteiger partial charge in [0, 0.05) is 0 Å². The molecule has 1 heteroatoms. The quantitative estimate of drug-likeness (QED) is 0.480. The Kier molecular flexibility index (Phi) is 12.6. The molecule has 0 radical (unpaired) electrons. The van der Waals surface area contributed by atoms with Gasteiger partial charge in [0.25, 0.3) is 0 Å². The maximum Gasteiger partial charge on any atom is 0.0785 e. The summed E-state index contributed by atoms with van der Waals surface area (Å²) in [6, 6.07) is 0. The number of alkyl halides is 1. The third-order valence-electron chi connectivity index (χ3n) is 7.80. The van der Waals surface area contributed by atoms with Gasteiger partial charge in [-0.2, -0.15) is 0 Å². The molecule has 0 spiro atoms. The molecule has 0 nitrogen and oxygen atoms in total. The highest BCUT2D eigenvalue weighted by Crippen LogP contribution is 2.45. The Bertz CT molecular complexity index is 297. The van der Waals surface area contributed by atoms with Crippen molar-refractivity contribution >= 4 is 0 Å². The van der Waals surface area contributed by atoms with Gasteiger partial charge >= 0.3 is 0 Å². The van der Waals surface area contributed by atoms with Crippen molar-refractivity contribution in [1.29, 1.82) is 0 Å². The van der Waals surface area contributed by atoms with Crippen LogP contribution in [0.15, 0.2) is 0 Å². The third kappa shape index (κ3) is 7.87. The average molecular weight is 345 g/mol. The normalized spacial score (nSPS) is 28.6. The Labute approximate surface area is 154 Å². The smallest absolute Gasteiger partial charge is 0.0785 e. The van der Waals surface area contributed by atoms with Crippen molar-refractivity contribution in [1.82, 2.24) is 0 Å². The molecule has 5 unspecified atom stereocenters. The standard InChI is InChI=1S/C11H22.C11H24.CH3F/c1-8-6-7-11(4,5)10(3)9(8)2;1-7-9(3)10(4)11(5,6)8-2;1-2/h8-10H,6-7H2,1-5H3;9-10H,7-8H2,1-6H3;1H3. The van der Waals surface area contributed by atoms with Gasteiger partial charge in [0.1, 0.15) is 0 Å². The van der Waals surface area contributed by atoms with E-state index in [2.05, 4.69) is 76.2 Å². The predicted molar refractivity (Wildman–Crippen MR) is 110 cm³/mol. The molecule has 0 heterocycles. The van der Waals surface area contributed by atoms with Crippen molar-refractivity contribution in [2.75, 3.05) is 7.18 Å². The molecule has 148 valence electrons. The van der Waals surface area contributed by atoms with Crippen LogP contribution in [0.4, 0.5) is 4.39 Å². The van der Waals surface area contributed by atoms with Gasteiger partial charge in [-0.15, -0.1) is 0 Å². The van der Waals surface area contributed by atoms with E-state index < -0.39 is 0 Å². The second-order valence-electron chi connectivity index (χ2n) is 9.67. The minimum absolute atomic E-state index is 0.500. The van der Waals surface area contributed by atoms with E-state index in [-0.39, 0.29) is 0 Å². The fraction of sp³-hybridized carbons (Fsp3) is 1.00. The van der Waals surface area contributed by atoms with Crippen molar-refractivity contribution in [3.8, 4) is 0 Å². The summed E-state index contributed by atoms with van der Waals surface area (Å²) in [5.74, 6) is 4.46. The molecule has 1 fully saturated rings. The highest BCUT2D eigenvalue weighted by atomic mass is 19.1. The van der Waals surface area contributed by atoms with Crippen molar-refractivity contribution < 1.29 is 4.39 Å². The minimum atomic E-state index is 0.500. The van der Waals surface area contributed by atoms with E-state index in [4.69, 9.17) is 0 Å². The summed E-state index contributed by atoms with van der Waals surface area (Å²) in [6.07, 6.45) is 5.45. The second kappa shape index (κ2) is 11.5. The largest absolute Gasteiger partial charge is 0.255 e. The Hall–Kier alpha value is -0.0700. The molecule has 0 N–H and O–H groups in total. The van der Waals surface area contributed by atoms with Crippen molar-refractivity contribution in [3.63, 3.8) is 0 Å². The molecule has 24 heavy (non-hydrogen) atoms. The minimum Gasteiger partial charge on any atom is -0.255 e. The molecule has 1 rings (SSSR count). The number of rotatable bonds is 4. The van der Waals surface area contributed by atoms with E-state index >= 15 is 0 Å². The molecule has 0 saturated heterocycles. The summed E-state index contributed by atoms with van der Waals surface area (Å²) in [5, 5.41) is 0. The number of hydrogen-bond donors (Lipinski definition) is 0. The van der Waals surface area contributed by atoms with Crippen molar-refractivity contribution in [2.24, 2.45) is 40.4 Å². The molecular weight excluding hydrogens is 295 g/mol. The summed E-state index contributed by atoms with van der Waals surface area (Å²) >= 11 is 0. The van der Waals surface area contributed by atoms with Gasteiger partial charge in [0.05, 0.1) is 7.18 Å². The Balaban J connectivity index is 0. The van der Waals surface area contributed by atoms with Crippen LogP contribution in [-0.4, -0.2) is 7.18 Å². The van der Waals surface area contributed by atoms with Crippen LogP contribution in [0.3, 0.4) is 0 Å². The predicted octanol–water partition coefficient (Wildman–Crippen LogP) is 8.41. The van der Waals surface area contributed by atoms with Gasteiger partial charge in [-0.1, -0.05) is 89.0 Å². The van der Waals surface area contributed by atoms with Gasteiger partial charge < -0.3 is 0 Å². The summed E-state index contributed by atoms with van der Waals surface area (Å²) in [7, 11) is 0.500. The summed E-state index contributed by atoms with van der Waals surface area (Å²) in [4.78, 5) is 0. The zero-order chi connectivity index (χ0) is 19.7. The van der Waals surface area contributed by atoms with Gasteiger partial charge in [-0.05, 0) is 53.3 Å². The first-order valence-corrected chi connectivity index (χ1v) is 10.3. The molecule has 1 saturated carbocycles. The molecule has 0 aromatic rings. The highest BCUT2D eigenvalue weighted by Gasteiger charge is 2.36. The second-order valence-corrected chi connectivity index (χ2v) is 9.67. The molecule has 0 bridgehead atoms. The van der Waals surface area contributed by atoms with E-state index in [1.54, 1.807) is 0 Å². The van der Waals surface area contributed by atoms with Crippen LogP contribution in [0.2, 0.25) is 0 Å². The summed E-state index contributed by atoms with van der Waals surface area (Å²) in [6.45, 7) is 26.1. The molecular formula is C23H49F. The molecule has 0 aliphatic heterocycles. The van der Waals surface area contributed by atoms with E-state index in [9.17, 15) is 4.39 Å². The van der Waals surface area contributed by atoms with Crippen LogP contribution in [0.25, 0.3) is 0 Å². The van der Waals surface area contributed by atoms with Crippen LogP contribution in [0.5, 0.6) is 0 Å². The topological polar surface area (TPSA) is 0 Å². The zero-order valence-corrected chi connectivity index (χ0v) is 19.1. The first kappa shape index (κ1) is 26.2. The first-order chi connectivity index (χ1) is 10.9. The Morgan fingerprint density at radius 3 is 1.83 bits per heavy atom. The van der Waals surface area contributed by atoms with E-state index in [1.165, 1.54) is 25.7 Å². The lowest BCUT2D eigenvalue weighted by atomic mass is 9.61. The Morgan fingerprint density at radius 1 is 1.04 bits per heavy atom. The fourth-order valence-corrected chi connectivity index (χ4v) is 3.74. The SMILES string of the molecule is CC1CCC(C)(C)C(C)C1C.CCC(C)C(C)C(C)(C)CC.CF. The van der Waals surface area contributed by atoms with Crippen molar-refractivity contribution in [2.45, 2.75) is 102 Å². The molecule has 5 atom stereocenters. The Morgan fingerprint density at radius 2 is 1.50 bits per heavy atom. The summed E-state index contributed by atoms with van der Waals surface area (Å²) < 4.78 is 9.50. The molecule has 0 amide bonds. The molecule has 0 aromatic heterocycles. The molecule has 1 aliphatic carbocycles. The van der Waals surface area contributed by atoms with E-state index in [0.29, 0.717) is 18.0 Å². The third-order valence-corrected chi connectivity index (χ3v) is 7.80. The molecule has 0 aromatic carbocycles. The van der Waals surface area contributed by atoms with Crippen LogP contribution >= 0.6 is 0 Å². The first-order valence-electron chi connectivity index (χ1n) is 10.3.